The Morgan fingerprint density at radius 3 is 2.44 bits per heavy atom. The lowest BCUT2D eigenvalue weighted by molar-refractivity contribution is -0.0149. The Morgan fingerprint density at radius 2 is 1.81 bits per heavy atom. The highest BCUT2D eigenvalue weighted by molar-refractivity contribution is 5.97. The van der Waals surface area contributed by atoms with Crippen molar-refractivity contribution < 1.29 is 9.53 Å². The van der Waals surface area contributed by atoms with Crippen LogP contribution in [0.4, 0.5) is 0 Å². The highest BCUT2D eigenvalue weighted by Crippen LogP contribution is 2.37. The van der Waals surface area contributed by atoms with Crippen LogP contribution >= 0.6 is 0 Å². The van der Waals surface area contributed by atoms with E-state index in [-0.39, 0.29) is 11.7 Å². The minimum absolute atomic E-state index is 0.109. The number of hydrogen-bond donors (Lipinski definition) is 0. The van der Waals surface area contributed by atoms with Gasteiger partial charge in [0.1, 0.15) is 6.33 Å². The number of nitrogens with zero attached hydrogens (tertiary/aromatic N) is 2. The van der Waals surface area contributed by atoms with Gasteiger partial charge in [0.05, 0.1) is 17.8 Å². The summed E-state index contributed by atoms with van der Waals surface area (Å²) in [6.07, 6.45) is 9.22. The number of carbonyl (C=O) groups is 1. The molecule has 4 heteroatoms. The molecule has 84 valence electrons. The molecule has 2 fully saturated rings. The highest BCUT2D eigenvalue weighted by Gasteiger charge is 2.38. The summed E-state index contributed by atoms with van der Waals surface area (Å²) in [5.41, 5.74) is 0.633. The van der Waals surface area contributed by atoms with Gasteiger partial charge in [0, 0.05) is 18.3 Å². The maximum atomic E-state index is 12.2. The molecule has 4 nitrogen and oxygen atoms in total. The molecule has 2 aliphatic rings. The highest BCUT2D eigenvalue weighted by atomic mass is 16.5. The molecule has 3 rings (SSSR count). The van der Waals surface area contributed by atoms with Gasteiger partial charge in [0.2, 0.25) is 0 Å². The van der Waals surface area contributed by atoms with E-state index in [1.54, 1.807) is 12.4 Å². The standard InChI is InChI=1S/C12H14N2O2/c15-12(9-5-13-7-14-6-9)8-3-10-1-2-11(4-8)16-10/h5-8,10-11H,1-4H2. The van der Waals surface area contributed by atoms with Crippen molar-refractivity contribution in [3.8, 4) is 0 Å². The number of Topliss-reactive ketones (excluding diaryl/α,β-unsaturated/α-hetero) is 1. The fourth-order valence-corrected chi connectivity index (χ4v) is 2.73. The number of aromatic nitrogens is 2. The molecule has 0 amide bonds. The number of ether oxygens (including phenoxy) is 1. The van der Waals surface area contributed by atoms with Gasteiger partial charge in [-0.3, -0.25) is 4.79 Å². The Morgan fingerprint density at radius 1 is 1.19 bits per heavy atom. The number of rotatable bonds is 2. The van der Waals surface area contributed by atoms with Gasteiger partial charge in [0.25, 0.3) is 0 Å². The Labute approximate surface area is 94.1 Å². The van der Waals surface area contributed by atoms with E-state index in [2.05, 4.69) is 9.97 Å². The molecule has 2 bridgehead atoms. The SMILES string of the molecule is O=C(c1cncnc1)C1CC2CCC(C1)O2. The smallest absolute Gasteiger partial charge is 0.169 e. The average Bonchev–Trinajstić information content (AvgIpc) is 2.68. The Kier molecular flexibility index (Phi) is 2.44. The quantitative estimate of drug-likeness (QED) is 0.708. The predicted molar refractivity (Wildman–Crippen MR) is 57.0 cm³/mol. The average molecular weight is 218 g/mol. The molecule has 2 unspecified atom stereocenters. The van der Waals surface area contributed by atoms with Crippen LogP contribution in [0.2, 0.25) is 0 Å². The third-order valence-electron chi connectivity index (χ3n) is 3.51. The molecular weight excluding hydrogens is 204 g/mol. The van der Waals surface area contributed by atoms with Crippen LogP contribution in [0.3, 0.4) is 0 Å². The van der Waals surface area contributed by atoms with Crippen molar-refractivity contribution in [1.29, 1.82) is 0 Å². The second-order valence-electron chi connectivity index (χ2n) is 4.62. The summed E-state index contributed by atoms with van der Waals surface area (Å²) in [4.78, 5) is 20.0. The van der Waals surface area contributed by atoms with Crippen LogP contribution in [0.5, 0.6) is 0 Å². The zero-order chi connectivity index (χ0) is 11.0. The van der Waals surface area contributed by atoms with Gasteiger partial charge in [-0.25, -0.2) is 9.97 Å². The topological polar surface area (TPSA) is 52.1 Å². The van der Waals surface area contributed by atoms with Crippen LogP contribution in [0, 0.1) is 5.92 Å². The Hall–Kier alpha value is -1.29. The molecule has 2 aliphatic heterocycles. The molecule has 1 aromatic heterocycles. The van der Waals surface area contributed by atoms with Crippen molar-refractivity contribution >= 4 is 5.78 Å². The van der Waals surface area contributed by atoms with Gasteiger partial charge in [-0.1, -0.05) is 0 Å². The number of fused-ring (bicyclic) bond motifs is 2. The molecule has 0 aromatic carbocycles. The second kappa shape index (κ2) is 3.94. The Bertz CT molecular complexity index is 381. The van der Waals surface area contributed by atoms with Gasteiger partial charge < -0.3 is 4.74 Å². The molecule has 1 aromatic rings. The minimum Gasteiger partial charge on any atom is -0.375 e. The molecule has 3 heterocycles. The monoisotopic (exact) mass is 218 g/mol. The van der Waals surface area contributed by atoms with Crippen molar-refractivity contribution in [2.24, 2.45) is 5.92 Å². The van der Waals surface area contributed by atoms with Crippen LogP contribution in [-0.4, -0.2) is 28.0 Å². The zero-order valence-corrected chi connectivity index (χ0v) is 9.00. The molecule has 0 saturated carbocycles. The number of ketones is 1. The fraction of sp³-hybridized carbons (Fsp3) is 0.583. The molecule has 0 N–H and O–H groups in total. The first-order valence-corrected chi connectivity index (χ1v) is 5.77. The maximum Gasteiger partial charge on any atom is 0.169 e. The van der Waals surface area contributed by atoms with E-state index in [1.807, 2.05) is 0 Å². The van der Waals surface area contributed by atoms with E-state index in [1.165, 1.54) is 6.33 Å². The van der Waals surface area contributed by atoms with E-state index in [0.29, 0.717) is 17.8 Å². The Balaban J connectivity index is 1.76. The first-order chi connectivity index (χ1) is 7.83. The van der Waals surface area contributed by atoms with Gasteiger partial charge in [-0.15, -0.1) is 0 Å². The molecule has 0 radical (unpaired) electrons. The summed E-state index contributed by atoms with van der Waals surface area (Å²) in [6.45, 7) is 0. The van der Waals surface area contributed by atoms with E-state index in [0.717, 1.165) is 25.7 Å². The summed E-state index contributed by atoms with van der Waals surface area (Å²) in [6, 6.07) is 0. The van der Waals surface area contributed by atoms with Crippen molar-refractivity contribution in [1.82, 2.24) is 9.97 Å². The third kappa shape index (κ3) is 1.73. The van der Waals surface area contributed by atoms with Crippen molar-refractivity contribution in [2.45, 2.75) is 37.9 Å². The van der Waals surface area contributed by atoms with E-state index in [4.69, 9.17) is 4.74 Å². The minimum atomic E-state index is 0.109. The molecular formula is C12H14N2O2. The van der Waals surface area contributed by atoms with Gasteiger partial charge in [0.15, 0.2) is 5.78 Å². The van der Waals surface area contributed by atoms with Crippen molar-refractivity contribution in [3.63, 3.8) is 0 Å². The lowest BCUT2D eigenvalue weighted by Gasteiger charge is -2.27. The number of carbonyl (C=O) groups excluding carboxylic acids is 1. The van der Waals surface area contributed by atoms with Crippen LogP contribution < -0.4 is 0 Å². The summed E-state index contributed by atoms with van der Waals surface area (Å²) in [5.74, 6) is 0.290. The zero-order valence-electron chi connectivity index (χ0n) is 9.00. The largest absolute Gasteiger partial charge is 0.375 e. The van der Waals surface area contributed by atoms with Crippen LogP contribution in [0.15, 0.2) is 18.7 Å². The lowest BCUT2D eigenvalue weighted by Crippen LogP contribution is -2.30. The molecule has 0 spiro atoms. The van der Waals surface area contributed by atoms with Crippen LogP contribution in [0.25, 0.3) is 0 Å². The summed E-state index contributed by atoms with van der Waals surface area (Å²) in [5, 5.41) is 0. The van der Waals surface area contributed by atoms with Gasteiger partial charge in [-0.05, 0) is 25.7 Å². The molecule has 0 aliphatic carbocycles. The summed E-state index contributed by atoms with van der Waals surface area (Å²) < 4.78 is 5.73. The molecule has 2 atom stereocenters. The second-order valence-corrected chi connectivity index (χ2v) is 4.62. The first kappa shape index (κ1) is 9.90. The van der Waals surface area contributed by atoms with E-state index < -0.39 is 0 Å². The maximum absolute atomic E-state index is 12.2. The normalized spacial score (nSPS) is 32.6. The van der Waals surface area contributed by atoms with E-state index >= 15 is 0 Å². The lowest BCUT2D eigenvalue weighted by atomic mass is 9.89. The van der Waals surface area contributed by atoms with E-state index in [9.17, 15) is 4.79 Å². The van der Waals surface area contributed by atoms with Crippen molar-refractivity contribution in [3.05, 3.63) is 24.3 Å². The third-order valence-corrected chi connectivity index (χ3v) is 3.51. The number of hydrogen-bond acceptors (Lipinski definition) is 4. The van der Waals surface area contributed by atoms with Gasteiger partial charge >= 0.3 is 0 Å². The molecule has 16 heavy (non-hydrogen) atoms. The summed E-state index contributed by atoms with van der Waals surface area (Å²) >= 11 is 0. The van der Waals surface area contributed by atoms with Crippen molar-refractivity contribution in [2.75, 3.05) is 0 Å². The fourth-order valence-electron chi connectivity index (χ4n) is 2.73. The first-order valence-electron chi connectivity index (χ1n) is 5.77. The molecule has 2 saturated heterocycles. The predicted octanol–water partition coefficient (Wildman–Crippen LogP) is 1.62. The van der Waals surface area contributed by atoms with Crippen LogP contribution in [0.1, 0.15) is 36.0 Å². The van der Waals surface area contributed by atoms with Gasteiger partial charge in [-0.2, -0.15) is 0 Å². The summed E-state index contributed by atoms with van der Waals surface area (Å²) in [7, 11) is 0. The van der Waals surface area contributed by atoms with Crippen LogP contribution in [-0.2, 0) is 4.74 Å².